The lowest BCUT2D eigenvalue weighted by molar-refractivity contribution is -0.0912. The summed E-state index contributed by atoms with van der Waals surface area (Å²) in [6.45, 7) is 8.90. The third-order valence-electron chi connectivity index (χ3n) is 6.14. The van der Waals surface area contributed by atoms with Gasteiger partial charge in [0.2, 0.25) is 0 Å². The van der Waals surface area contributed by atoms with Crippen LogP contribution in [0.4, 0.5) is 14.5 Å². The normalized spacial score (nSPS) is 19.9. The summed E-state index contributed by atoms with van der Waals surface area (Å²) in [5, 5.41) is 19.4. The van der Waals surface area contributed by atoms with Crippen LogP contribution < -0.4 is 5.73 Å². The van der Waals surface area contributed by atoms with Crippen molar-refractivity contribution in [3.8, 4) is 0 Å². The van der Waals surface area contributed by atoms with Crippen molar-refractivity contribution in [2.75, 3.05) is 13.1 Å². The first-order valence-electron chi connectivity index (χ1n) is 11.1. The van der Waals surface area contributed by atoms with Crippen LogP contribution in [0, 0.1) is 11.6 Å². The third-order valence-corrected chi connectivity index (χ3v) is 6.14. The molecule has 0 saturated heterocycles. The molecule has 182 valence electrons. The van der Waals surface area contributed by atoms with Gasteiger partial charge in [-0.2, -0.15) is 0 Å². The summed E-state index contributed by atoms with van der Waals surface area (Å²) in [6, 6.07) is 11.6. The average Bonchev–Trinajstić information content (AvgIpc) is 2.81. The van der Waals surface area contributed by atoms with Crippen LogP contribution in [0.5, 0.6) is 0 Å². The van der Waals surface area contributed by atoms with Crippen molar-refractivity contribution in [3.63, 3.8) is 0 Å². The lowest BCUT2D eigenvalue weighted by Gasteiger charge is -2.36. The largest absolute Gasteiger partial charge is 0.349 e. The average molecular weight is 480 g/mol. The van der Waals surface area contributed by atoms with Gasteiger partial charge in [-0.15, -0.1) is 0 Å². The van der Waals surface area contributed by atoms with Gasteiger partial charge in [-0.05, 0) is 55.7 Å². The highest BCUT2D eigenvalue weighted by atomic mass is 19.2. The molecule has 0 radical (unpaired) electrons. The van der Waals surface area contributed by atoms with Crippen LogP contribution in [-0.4, -0.2) is 57.9 Å². The van der Waals surface area contributed by atoms with Crippen molar-refractivity contribution in [1.29, 1.82) is 0 Å². The third kappa shape index (κ3) is 5.33. The predicted octanol–water partition coefficient (Wildman–Crippen LogP) is 3.55. The molecule has 4 N–H and O–H groups in total. The SMILES string of the molecule is C=C1N=CC(C(N)(O)O)=NC1N1CCC(C)=C(c2ccc(N=C(C)c3cccc(F)c3F)cc2)C1. The Balaban J connectivity index is 1.55. The molecule has 4 rings (SSSR count). The fourth-order valence-corrected chi connectivity index (χ4v) is 4.13. The maximum Gasteiger partial charge on any atom is 0.267 e. The zero-order chi connectivity index (χ0) is 25.3. The molecule has 7 nitrogen and oxygen atoms in total. The monoisotopic (exact) mass is 479 g/mol. The number of hydrogen-bond acceptors (Lipinski definition) is 7. The molecule has 0 bridgehead atoms. The molecule has 0 fully saturated rings. The van der Waals surface area contributed by atoms with Crippen molar-refractivity contribution in [2.45, 2.75) is 32.3 Å². The Morgan fingerprint density at radius 1 is 1.20 bits per heavy atom. The van der Waals surface area contributed by atoms with E-state index >= 15 is 0 Å². The summed E-state index contributed by atoms with van der Waals surface area (Å²) in [5.74, 6) is -4.40. The fraction of sp³-hybridized carbons (Fsp3) is 0.269. The highest BCUT2D eigenvalue weighted by Gasteiger charge is 2.32. The van der Waals surface area contributed by atoms with Crippen LogP contribution in [0.2, 0.25) is 0 Å². The molecule has 0 amide bonds. The van der Waals surface area contributed by atoms with E-state index in [9.17, 15) is 19.0 Å². The minimum atomic E-state index is -2.57. The van der Waals surface area contributed by atoms with Gasteiger partial charge in [0.05, 0.1) is 17.6 Å². The van der Waals surface area contributed by atoms with E-state index in [0.29, 0.717) is 30.2 Å². The highest BCUT2D eigenvalue weighted by Crippen LogP contribution is 2.31. The van der Waals surface area contributed by atoms with Gasteiger partial charge >= 0.3 is 0 Å². The zero-order valence-electron chi connectivity index (χ0n) is 19.5. The molecule has 2 aromatic carbocycles. The first-order chi connectivity index (χ1) is 16.5. The number of halogens is 2. The smallest absolute Gasteiger partial charge is 0.267 e. The van der Waals surface area contributed by atoms with Crippen LogP contribution in [0.15, 0.2) is 75.3 Å². The standard InChI is InChI=1S/C26H27F2N5O2/c1-15-11-12-33(25-17(3)30-13-23(32-25)26(29,34)35)14-21(15)18-7-9-19(10-8-18)31-16(2)20-5-4-6-22(27)24(20)28/h4-10,13,25,34-35H,3,11-12,14,29H2,1-2H3. The predicted molar refractivity (Wildman–Crippen MR) is 134 cm³/mol. The molecule has 35 heavy (non-hydrogen) atoms. The van der Waals surface area contributed by atoms with E-state index in [1.165, 1.54) is 23.9 Å². The molecule has 2 aliphatic rings. The second kappa shape index (κ2) is 9.71. The molecule has 0 aliphatic carbocycles. The van der Waals surface area contributed by atoms with E-state index in [2.05, 4.69) is 33.4 Å². The molecule has 0 saturated carbocycles. The minimum absolute atomic E-state index is 0.123. The number of benzene rings is 2. The maximum atomic E-state index is 14.1. The molecule has 1 atom stereocenters. The van der Waals surface area contributed by atoms with E-state index in [1.807, 2.05) is 24.3 Å². The first-order valence-corrected chi connectivity index (χ1v) is 11.1. The van der Waals surface area contributed by atoms with Gasteiger partial charge in [0.15, 0.2) is 11.6 Å². The van der Waals surface area contributed by atoms with Crippen molar-refractivity contribution in [2.24, 2.45) is 20.7 Å². The van der Waals surface area contributed by atoms with Crippen molar-refractivity contribution < 1.29 is 19.0 Å². The topological polar surface area (TPSA) is 107 Å². The second-order valence-electron chi connectivity index (χ2n) is 8.69. The first kappa shape index (κ1) is 24.7. The summed E-state index contributed by atoms with van der Waals surface area (Å²) < 4.78 is 27.6. The molecule has 2 aromatic rings. The molecule has 0 spiro atoms. The van der Waals surface area contributed by atoms with E-state index < -0.39 is 23.7 Å². The lowest BCUT2D eigenvalue weighted by Crippen LogP contribution is -2.51. The Bertz CT molecular complexity index is 1270. The Morgan fingerprint density at radius 2 is 1.91 bits per heavy atom. The molecular formula is C26H27F2N5O2. The Kier molecular flexibility index (Phi) is 6.86. The minimum Gasteiger partial charge on any atom is -0.349 e. The van der Waals surface area contributed by atoms with Crippen LogP contribution in [0.3, 0.4) is 0 Å². The Labute approximate surface area is 202 Å². The molecule has 2 aliphatic heterocycles. The number of rotatable bonds is 5. The van der Waals surface area contributed by atoms with Gasteiger partial charge in [-0.3, -0.25) is 25.6 Å². The lowest BCUT2D eigenvalue weighted by atomic mass is 9.94. The number of hydrogen-bond donors (Lipinski definition) is 3. The van der Waals surface area contributed by atoms with Crippen molar-refractivity contribution >= 4 is 28.9 Å². The van der Waals surface area contributed by atoms with Gasteiger partial charge in [0.1, 0.15) is 11.9 Å². The van der Waals surface area contributed by atoms with Gasteiger partial charge in [-0.1, -0.05) is 30.4 Å². The summed E-state index contributed by atoms with van der Waals surface area (Å²) in [5.41, 5.74) is 10.2. The van der Waals surface area contributed by atoms with Crippen molar-refractivity contribution in [3.05, 3.63) is 83.1 Å². The van der Waals surface area contributed by atoms with E-state index in [-0.39, 0.29) is 11.3 Å². The molecule has 2 heterocycles. The van der Waals surface area contributed by atoms with E-state index in [0.717, 1.165) is 23.6 Å². The van der Waals surface area contributed by atoms with Crippen LogP contribution in [0.1, 0.15) is 31.4 Å². The second-order valence-corrected chi connectivity index (χ2v) is 8.69. The number of aliphatic hydroxyl groups is 2. The summed E-state index contributed by atoms with van der Waals surface area (Å²) in [6.07, 6.45) is 1.44. The van der Waals surface area contributed by atoms with Gasteiger partial charge < -0.3 is 10.2 Å². The number of nitrogens with two attached hydrogens (primary N) is 1. The highest BCUT2D eigenvalue weighted by molar-refractivity contribution is 6.34. The van der Waals surface area contributed by atoms with Crippen molar-refractivity contribution in [1.82, 2.24) is 4.90 Å². The quantitative estimate of drug-likeness (QED) is 0.450. The molecule has 1 unspecified atom stereocenters. The summed E-state index contributed by atoms with van der Waals surface area (Å²) in [4.78, 5) is 15.0. The number of nitrogens with zero attached hydrogens (tertiary/aromatic N) is 4. The Morgan fingerprint density at radius 3 is 2.60 bits per heavy atom. The Hall–Kier alpha value is -3.37. The van der Waals surface area contributed by atoms with Crippen LogP contribution in [-0.2, 0) is 0 Å². The van der Waals surface area contributed by atoms with Gasteiger partial charge in [-0.25, -0.2) is 8.78 Å². The zero-order valence-corrected chi connectivity index (χ0v) is 19.5. The van der Waals surface area contributed by atoms with Gasteiger partial charge in [0, 0.05) is 24.4 Å². The van der Waals surface area contributed by atoms with Crippen LogP contribution in [0.25, 0.3) is 5.57 Å². The molecule has 0 aromatic heterocycles. The van der Waals surface area contributed by atoms with Gasteiger partial charge in [0.25, 0.3) is 5.91 Å². The molecule has 9 heteroatoms. The fourth-order valence-electron chi connectivity index (χ4n) is 4.13. The number of aliphatic imine (C=N–C) groups is 3. The maximum absolute atomic E-state index is 14.1. The van der Waals surface area contributed by atoms with Crippen LogP contribution >= 0.6 is 0 Å². The molecular weight excluding hydrogens is 452 g/mol. The van der Waals surface area contributed by atoms with E-state index in [4.69, 9.17) is 5.73 Å². The summed E-state index contributed by atoms with van der Waals surface area (Å²) in [7, 11) is 0. The summed E-state index contributed by atoms with van der Waals surface area (Å²) >= 11 is 0. The van der Waals surface area contributed by atoms with E-state index in [1.54, 1.807) is 6.92 Å².